The minimum atomic E-state index is -2.12. The molecule has 1 radical (unpaired) electrons. The van der Waals surface area contributed by atoms with Gasteiger partial charge in [-0.05, 0) is 41.9 Å². The molecule has 4 rings (SSSR count). The maximum atomic E-state index is 15.2. The summed E-state index contributed by atoms with van der Waals surface area (Å²) in [6.45, 7) is 13.7. The van der Waals surface area contributed by atoms with E-state index < -0.39 is 19.5 Å². The summed E-state index contributed by atoms with van der Waals surface area (Å²) in [4.78, 5) is 25.9. The molecule has 0 unspecified atom stereocenters. The highest BCUT2D eigenvalue weighted by molar-refractivity contribution is 6.74. The van der Waals surface area contributed by atoms with Gasteiger partial charge in [-0.2, -0.15) is 5.26 Å². The first-order valence-corrected chi connectivity index (χ1v) is 16.3. The van der Waals surface area contributed by atoms with Gasteiger partial charge in [0.1, 0.15) is 23.6 Å². The molecule has 2 aromatic heterocycles. The summed E-state index contributed by atoms with van der Waals surface area (Å²) in [5.74, 6) is -0.316. The fourth-order valence-corrected chi connectivity index (χ4v) is 5.75. The van der Waals surface area contributed by atoms with E-state index in [-0.39, 0.29) is 22.6 Å². The number of hydrogen-bond acceptors (Lipinski definition) is 9. The van der Waals surface area contributed by atoms with Gasteiger partial charge in [-0.25, -0.2) is 19.3 Å². The SMILES string of the molecule is COc1ncc(Cl)cc1Nc1ncc(F)c(-c2cc(C#N)c3c(c2)[C@@](C)(CO[Si](C)(C)C(C)(C)C)CN3[B]C=O)n1. The number of benzene rings is 1. The van der Waals surface area contributed by atoms with E-state index in [1.807, 2.05) is 13.0 Å². The van der Waals surface area contributed by atoms with Crippen molar-refractivity contribution >= 4 is 50.8 Å². The van der Waals surface area contributed by atoms with Crippen LogP contribution in [0.3, 0.4) is 0 Å². The number of ether oxygens (including phenoxy) is 1. The number of carbonyl (C=O) groups excluding carboxylic acids is 1. The Morgan fingerprint density at radius 1 is 1.29 bits per heavy atom. The molecule has 9 nitrogen and oxygen atoms in total. The first-order chi connectivity index (χ1) is 19.2. The lowest BCUT2D eigenvalue weighted by Gasteiger charge is -2.39. The monoisotopic (exact) mass is 593 g/mol. The van der Waals surface area contributed by atoms with Crippen molar-refractivity contribution in [2.75, 3.05) is 30.4 Å². The van der Waals surface area contributed by atoms with Crippen LogP contribution in [0.1, 0.15) is 38.8 Å². The van der Waals surface area contributed by atoms with Crippen molar-refractivity contribution in [3.05, 3.63) is 52.6 Å². The van der Waals surface area contributed by atoms with Crippen molar-refractivity contribution < 1.29 is 18.3 Å². The normalized spacial score (nSPS) is 16.6. The van der Waals surface area contributed by atoms with Crippen LogP contribution in [-0.2, 0) is 14.6 Å². The number of hydrogen-bond donors (Lipinski definition) is 1. The number of pyridine rings is 1. The number of rotatable bonds is 9. The summed E-state index contributed by atoms with van der Waals surface area (Å²) in [5, 5.41) is 13.5. The van der Waals surface area contributed by atoms with E-state index in [0.717, 1.165) is 11.8 Å². The van der Waals surface area contributed by atoms with Gasteiger partial charge in [-0.3, -0.25) is 0 Å². The van der Waals surface area contributed by atoms with Crippen LogP contribution in [0.25, 0.3) is 11.3 Å². The molecule has 1 aliphatic rings. The van der Waals surface area contributed by atoms with Gasteiger partial charge in [-0.15, -0.1) is 0 Å². The second-order valence-electron chi connectivity index (χ2n) is 11.8. The van der Waals surface area contributed by atoms with E-state index >= 15 is 4.39 Å². The highest BCUT2D eigenvalue weighted by Gasteiger charge is 2.44. The van der Waals surface area contributed by atoms with Crippen LogP contribution in [0.4, 0.5) is 21.7 Å². The minimum absolute atomic E-state index is 0.00114. The first-order valence-electron chi connectivity index (χ1n) is 13.0. The van der Waals surface area contributed by atoms with Gasteiger partial charge in [0.15, 0.2) is 14.1 Å². The Kier molecular flexibility index (Phi) is 8.45. The molecule has 0 amide bonds. The van der Waals surface area contributed by atoms with E-state index in [1.54, 1.807) is 16.9 Å². The maximum absolute atomic E-state index is 15.2. The molecule has 3 heterocycles. The summed E-state index contributed by atoms with van der Waals surface area (Å²) in [6, 6.07) is 7.21. The molecule has 0 saturated carbocycles. The molecule has 41 heavy (non-hydrogen) atoms. The molecule has 1 N–H and O–H groups in total. The molecule has 1 atom stereocenters. The Labute approximate surface area is 246 Å². The van der Waals surface area contributed by atoms with Crippen LogP contribution in [-0.4, -0.2) is 57.1 Å². The molecule has 0 saturated heterocycles. The number of aromatic nitrogens is 3. The van der Waals surface area contributed by atoms with E-state index in [0.29, 0.717) is 46.9 Å². The van der Waals surface area contributed by atoms with Gasteiger partial charge >= 0.3 is 7.41 Å². The number of nitriles is 1. The van der Waals surface area contributed by atoms with Crippen LogP contribution in [0.2, 0.25) is 23.2 Å². The molecule has 0 spiro atoms. The van der Waals surface area contributed by atoms with Crippen LogP contribution < -0.4 is 14.9 Å². The van der Waals surface area contributed by atoms with Crippen molar-refractivity contribution in [1.29, 1.82) is 5.26 Å². The molecule has 1 aliphatic heterocycles. The Morgan fingerprint density at radius 3 is 2.66 bits per heavy atom. The molecular formula is C28H32BClFN6O3Si. The van der Waals surface area contributed by atoms with Gasteiger partial charge in [0.05, 0.1) is 23.9 Å². The summed E-state index contributed by atoms with van der Waals surface area (Å²) < 4.78 is 27.1. The van der Waals surface area contributed by atoms with Crippen LogP contribution in [0, 0.1) is 17.1 Å². The third-order valence-corrected chi connectivity index (χ3v) is 12.4. The molecule has 213 valence electrons. The van der Waals surface area contributed by atoms with E-state index in [9.17, 15) is 10.1 Å². The van der Waals surface area contributed by atoms with E-state index in [1.165, 1.54) is 20.7 Å². The zero-order valence-electron chi connectivity index (χ0n) is 24.2. The van der Waals surface area contributed by atoms with Gasteiger partial charge in [0.25, 0.3) is 0 Å². The Bertz CT molecular complexity index is 1530. The largest absolute Gasteiger partial charge is 0.480 e. The smallest absolute Gasteiger partial charge is 0.329 e. The van der Waals surface area contributed by atoms with Gasteiger partial charge in [0.2, 0.25) is 11.8 Å². The van der Waals surface area contributed by atoms with E-state index in [4.69, 9.17) is 20.8 Å². The zero-order valence-corrected chi connectivity index (χ0v) is 25.9. The second-order valence-corrected chi connectivity index (χ2v) is 17.0. The number of fused-ring (bicyclic) bond motifs is 1. The van der Waals surface area contributed by atoms with Crippen LogP contribution in [0.5, 0.6) is 5.88 Å². The van der Waals surface area contributed by atoms with Crippen LogP contribution >= 0.6 is 11.6 Å². The highest BCUT2D eigenvalue weighted by atomic mass is 35.5. The zero-order chi connectivity index (χ0) is 30.2. The Balaban J connectivity index is 1.80. The Morgan fingerprint density at radius 2 is 2.02 bits per heavy atom. The minimum Gasteiger partial charge on any atom is -0.480 e. The average Bonchev–Trinajstić information content (AvgIpc) is 3.19. The maximum Gasteiger partial charge on any atom is 0.329 e. The number of nitrogens with one attached hydrogen (secondary N) is 1. The van der Waals surface area contributed by atoms with Crippen molar-refractivity contribution in [2.24, 2.45) is 0 Å². The first kappa shape index (κ1) is 30.4. The summed E-state index contributed by atoms with van der Waals surface area (Å²) in [6.07, 6.45) is 3.19. The van der Waals surface area contributed by atoms with Gasteiger partial charge < -0.3 is 24.1 Å². The molecule has 0 fully saturated rings. The van der Waals surface area contributed by atoms with E-state index in [2.05, 4.69) is 60.2 Å². The third-order valence-electron chi connectivity index (χ3n) is 7.76. The van der Waals surface area contributed by atoms with Crippen molar-refractivity contribution in [2.45, 2.75) is 51.2 Å². The van der Waals surface area contributed by atoms with Gasteiger partial charge in [-0.1, -0.05) is 39.3 Å². The summed E-state index contributed by atoms with van der Waals surface area (Å²) in [5.41, 5.74) is 1.88. The lowest BCUT2D eigenvalue weighted by molar-refractivity contribution is 0.219. The number of methoxy groups -OCH3 is 1. The number of carbonyl (C=O) groups is 1. The van der Waals surface area contributed by atoms with Crippen molar-refractivity contribution in [1.82, 2.24) is 15.0 Å². The number of halogens is 2. The summed E-state index contributed by atoms with van der Waals surface area (Å²) >= 11 is 6.09. The fraction of sp³-hybridized carbons (Fsp3) is 0.393. The lowest BCUT2D eigenvalue weighted by Crippen LogP contribution is -2.46. The molecule has 3 aromatic rings. The predicted octanol–water partition coefficient (Wildman–Crippen LogP) is 5.86. The number of anilines is 3. The molecular weight excluding hydrogens is 562 g/mol. The average molecular weight is 594 g/mol. The topological polar surface area (TPSA) is 113 Å². The van der Waals surface area contributed by atoms with Crippen molar-refractivity contribution in [3.8, 4) is 23.2 Å². The molecule has 0 aliphatic carbocycles. The highest BCUT2D eigenvalue weighted by Crippen LogP contribution is 2.46. The summed E-state index contributed by atoms with van der Waals surface area (Å²) in [7, 11) is 0.752. The fourth-order valence-electron chi connectivity index (χ4n) is 4.48. The lowest BCUT2D eigenvalue weighted by atomic mass is 9.83. The van der Waals surface area contributed by atoms with Crippen LogP contribution in [0.15, 0.2) is 30.6 Å². The third kappa shape index (κ3) is 6.07. The molecule has 0 bridgehead atoms. The quantitative estimate of drug-likeness (QED) is 0.241. The molecule has 1 aromatic carbocycles. The standard InChI is InChI=1S/C28H32BClFN6O3Si/c1-27(2,3)41(6,7)40-15-28(4)14-37(29-16-38)24-18(11-32)8-17(9-20(24)28)23-21(31)13-34-26(36-23)35-22-10-19(30)12-33-25(22)39-5/h8-10,12-13,16H,14-15H2,1-7H3,(H,34,35,36)/t28-/m1/s1. The van der Waals surface area contributed by atoms with Crippen molar-refractivity contribution in [3.63, 3.8) is 0 Å². The second kappa shape index (κ2) is 11.4. The predicted molar refractivity (Wildman–Crippen MR) is 162 cm³/mol. The molecule has 13 heteroatoms. The number of nitrogens with zero attached hydrogens (tertiary/aromatic N) is 5. The van der Waals surface area contributed by atoms with Gasteiger partial charge in [0, 0.05) is 36.0 Å². The Hall–Kier alpha value is -3.53.